The number of alkyl halides is 2. The summed E-state index contributed by atoms with van der Waals surface area (Å²) in [5.41, 5.74) is 0. The molecule has 0 heterocycles. The molecule has 0 rings (SSSR count). The molecule has 0 saturated carbocycles. The van der Waals surface area contributed by atoms with Crippen molar-refractivity contribution >= 4 is 33.4 Å². The van der Waals surface area contributed by atoms with E-state index in [4.69, 9.17) is 23.2 Å². The van der Waals surface area contributed by atoms with Crippen LogP contribution in [-0.4, -0.2) is 43.1 Å². The summed E-state index contributed by atoms with van der Waals surface area (Å²) in [6.45, 7) is 0. The first-order chi connectivity index (χ1) is 4.96. The fourth-order valence-electron chi connectivity index (χ4n) is 0.361. The number of hydrogen-bond donors (Lipinski definition) is 0. The lowest BCUT2D eigenvalue weighted by molar-refractivity contribution is 0.438. The highest BCUT2D eigenvalue weighted by molar-refractivity contribution is 7.86. The summed E-state index contributed by atoms with van der Waals surface area (Å²) in [7, 11) is -0.676. The largest absolute Gasteiger partial charge is 0.283 e. The van der Waals surface area contributed by atoms with E-state index in [0.29, 0.717) is 0 Å². The van der Waals surface area contributed by atoms with Gasteiger partial charge in [-0.05, 0) is 0 Å². The smallest absolute Gasteiger partial charge is 0.195 e. The highest BCUT2D eigenvalue weighted by atomic mass is 35.5. The monoisotopic (exact) mass is 220 g/mol. The Morgan fingerprint density at radius 3 is 1.55 bits per heavy atom. The van der Waals surface area contributed by atoms with Crippen LogP contribution in [0.2, 0.25) is 0 Å². The minimum atomic E-state index is -3.44. The molecule has 11 heavy (non-hydrogen) atoms. The number of nitrogens with zero attached hydrogens (tertiary/aromatic N) is 2. The van der Waals surface area contributed by atoms with Crippen LogP contribution in [0.5, 0.6) is 0 Å². The lowest BCUT2D eigenvalue weighted by Crippen LogP contribution is -2.38. The Kier molecular flexibility index (Phi) is 4.65. The second-order valence-corrected chi connectivity index (χ2v) is 4.56. The van der Waals surface area contributed by atoms with Crippen LogP contribution in [0.25, 0.3) is 0 Å². The van der Waals surface area contributed by atoms with Crippen LogP contribution >= 0.6 is 23.2 Å². The van der Waals surface area contributed by atoms with Crippen LogP contribution in [0.3, 0.4) is 0 Å². The predicted octanol–water partition coefficient (Wildman–Crippen LogP) is 0.487. The van der Waals surface area contributed by atoms with Gasteiger partial charge in [0.15, 0.2) is 0 Å². The van der Waals surface area contributed by atoms with Crippen LogP contribution in [0.4, 0.5) is 0 Å². The average Bonchev–Trinajstić information content (AvgIpc) is 2.01. The summed E-state index contributed by atoms with van der Waals surface area (Å²) in [5.74, 6) is 0. The van der Waals surface area contributed by atoms with Crippen molar-refractivity contribution in [2.75, 3.05) is 26.1 Å². The fourth-order valence-corrected chi connectivity index (χ4v) is 1.82. The van der Waals surface area contributed by atoms with Crippen LogP contribution in [0.1, 0.15) is 0 Å². The number of halogens is 2. The Bertz CT molecular complexity index is 190. The van der Waals surface area contributed by atoms with Gasteiger partial charge in [-0.25, -0.2) is 0 Å². The Labute approximate surface area is 76.9 Å². The third kappa shape index (κ3) is 2.76. The molecule has 0 radical (unpaired) electrons. The summed E-state index contributed by atoms with van der Waals surface area (Å²) < 4.78 is 24.3. The van der Waals surface area contributed by atoms with Crippen molar-refractivity contribution in [3.05, 3.63) is 0 Å². The molecule has 7 heteroatoms. The van der Waals surface area contributed by atoms with E-state index in [-0.39, 0.29) is 12.0 Å². The van der Waals surface area contributed by atoms with Crippen molar-refractivity contribution in [2.45, 2.75) is 0 Å². The average molecular weight is 221 g/mol. The summed E-state index contributed by atoms with van der Waals surface area (Å²) in [4.78, 5) is 0. The molecular formula is C4H10Cl2N2O2S. The van der Waals surface area contributed by atoms with Gasteiger partial charge < -0.3 is 0 Å². The summed E-state index contributed by atoms with van der Waals surface area (Å²) in [5, 5.41) is 0. The molecule has 0 bridgehead atoms. The van der Waals surface area contributed by atoms with Crippen molar-refractivity contribution in [3.8, 4) is 0 Å². The Morgan fingerprint density at radius 2 is 1.36 bits per heavy atom. The van der Waals surface area contributed by atoms with Crippen LogP contribution in [-0.2, 0) is 10.2 Å². The maximum atomic E-state index is 11.2. The molecular weight excluding hydrogens is 211 g/mol. The highest BCUT2D eigenvalue weighted by Gasteiger charge is 2.21. The molecule has 0 amide bonds. The normalized spacial score (nSPS) is 12.9. The zero-order valence-corrected chi connectivity index (χ0v) is 8.62. The van der Waals surface area contributed by atoms with Gasteiger partial charge in [-0.3, -0.25) is 0 Å². The second kappa shape index (κ2) is 4.47. The van der Waals surface area contributed by atoms with Crippen molar-refractivity contribution in [2.24, 2.45) is 0 Å². The summed E-state index contributed by atoms with van der Waals surface area (Å²) in [6, 6.07) is -0.160. The number of rotatable bonds is 4. The fraction of sp³-hybridized carbons (Fsp3) is 1.00. The van der Waals surface area contributed by atoms with E-state index in [0.717, 1.165) is 8.61 Å². The minimum Gasteiger partial charge on any atom is -0.195 e. The Balaban J connectivity index is 4.46. The van der Waals surface area contributed by atoms with Gasteiger partial charge in [-0.2, -0.15) is 17.0 Å². The standard InChI is InChI=1S/C4H10Cl2N2O2S/c1-7(3-5)11(9,10)8(2)4-6/h3-4H2,1-2H3. The minimum absolute atomic E-state index is 0.0798. The first kappa shape index (κ1) is 11.4. The molecule has 0 aromatic carbocycles. The van der Waals surface area contributed by atoms with Crippen molar-refractivity contribution < 1.29 is 8.42 Å². The predicted molar refractivity (Wildman–Crippen MR) is 45.9 cm³/mol. The van der Waals surface area contributed by atoms with E-state index in [1.807, 2.05) is 0 Å². The van der Waals surface area contributed by atoms with Gasteiger partial charge in [0.25, 0.3) is 10.2 Å². The van der Waals surface area contributed by atoms with E-state index in [9.17, 15) is 8.42 Å². The maximum absolute atomic E-state index is 11.2. The molecule has 0 aliphatic heterocycles. The molecule has 0 fully saturated rings. The van der Waals surface area contributed by atoms with Gasteiger partial charge in [-0.15, -0.1) is 23.2 Å². The highest BCUT2D eigenvalue weighted by Crippen LogP contribution is 2.04. The molecule has 0 aliphatic rings. The molecule has 0 aliphatic carbocycles. The van der Waals surface area contributed by atoms with Crippen molar-refractivity contribution in [1.29, 1.82) is 0 Å². The molecule has 0 atom stereocenters. The molecule has 0 aromatic rings. The van der Waals surface area contributed by atoms with E-state index in [2.05, 4.69) is 0 Å². The lowest BCUT2D eigenvalue weighted by atomic mass is 11.2. The zero-order valence-electron chi connectivity index (χ0n) is 6.29. The third-order valence-corrected chi connectivity index (χ3v) is 3.96. The summed E-state index contributed by atoms with van der Waals surface area (Å²) >= 11 is 10.6. The lowest BCUT2D eigenvalue weighted by Gasteiger charge is -2.19. The quantitative estimate of drug-likeness (QED) is 0.512. The topological polar surface area (TPSA) is 40.6 Å². The summed E-state index contributed by atoms with van der Waals surface area (Å²) in [6.07, 6.45) is 0. The zero-order chi connectivity index (χ0) is 9.07. The first-order valence-electron chi connectivity index (χ1n) is 2.76. The molecule has 0 spiro atoms. The third-order valence-electron chi connectivity index (χ3n) is 1.12. The van der Waals surface area contributed by atoms with Crippen molar-refractivity contribution in [3.63, 3.8) is 0 Å². The van der Waals surface area contributed by atoms with Gasteiger partial charge >= 0.3 is 0 Å². The van der Waals surface area contributed by atoms with Gasteiger partial charge in [0.05, 0.1) is 12.0 Å². The Morgan fingerprint density at radius 1 is 1.09 bits per heavy atom. The van der Waals surface area contributed by atoms with E-state index >= 15 is 0 Å². The molecule has 4 nitrogen and oxygen atoms in total. The molecule has 0 N–H and O–H groups in total. The van der Waals surface area contributed by atoms with Crippen LogP contribution in [0, 0.1) is 0 Å². The van der Waals surface area contributed by atoms with E-state index in [1.165, 1.54) is 14.1 Å². The SMILES string of the molecule is CN(CCl)S(=O)(=O)N(C)CCl. The van der Waals surface area contributed by atoms with E-state index < -0.39 is 10.2 Å². The van der Waals surface area contributed by atoms with Gasteiger partial charge in [0, 0.05) is 14.1 Å². The van der Waals surface area contributed by atoms with Gasteiger partial charge in [-0.1, -0.05) is 0 Å². The molecule has 0 unspecified atom stereocenters. The van der Waals surface area contributed by atoms with Crippen LogP contribution < -0.4 is 0 Å². The number of hydrogen-bond acceptors (Lipinski definition) is 2. The van der Waals surface area contributed by atoms with Gasteiger partial charge in [0.2, 0.25) is 0 Å². The van der Waals surface area contributed by atoms with Crippen molar-refractivity contribution in [1.82, 2.24) is 8.61 Å². The molecule has 0 saturated heterocycles. The molecule has 0 aromatic heterocycles. The second-order valence-electron chi connectivity index (χ2n) is 1.94. The maximum Gasteiger partial charge on any atom is 0.283 e. The van der Waals surface area contributed by atoms with Crippen LogP contribution in [0.15, 0.2) is 0 Å². The van der Waals surface area contributed by atoms with Gasteiger partial charge in [0.1, 0.15) is 0 Å². The Hall–Kier alpha value is 0.450. The first-order valence-corrected chi connectivity index (χ1v) is 5.23. The van der Waals surface area contributed by atoms with E-state index in [1.54, 1.807) is 0 Å². The molecule has 68 valence electrons.